The molecule has 0 aromatic carbocycles. The first-order valence-corrected chi connectivity index (χ1v) is 8.61. The van der Waals surface area contributed by atoms with Gasteiger partial charge in [-0.1, -0.05) is 0 Å². The van der Waals surface area contributed by atoms with Crippen LogP contribution in [0.4, 0.5) is 0 Å². The minimum Gasteiger partial charge on any atom is -0.396 e. The highest BCUT2D eigenvalue weighted by atomic mass is 16.5. The molecule has 2 fully saturated rings. The van der Waals surface area contributed by atoms with Crippen molar-refractivity contribution in [2.45, 2.75) is 51.2 Å². The first-order valence-electron chi connectivity index (χ1n) is 8.61. The van der Waals surface area contributed by atoms with Crippen LogP contribution in [0.2, 0.25) is 0 Å². The summed E-state index contributed by atoms with van der Waals surface area (Å²) in [6, 6.07) is 0.238. The van der Waals surface area contributed by atoms with Gasteiger partial charge in [0, 0.05) is 37.6 Å². The van der Waals surface area contributed by atoms with Gasteiger partial charge in [-0.2, -0.15) is 5.10 Å². The standard InChI is InChI=1S/C17H27N3O3/c1-11-15(9-18-20(11)2)16-14(7-8-23-16)17(22)19-13-5-3-12(10-21)4-6-13/h9,12-14,16,21H,3-8,10H2,1-2H3,(H,19,22)/t12?,13?,14-,16-/m0/s1. The van der Waals surface area contributed by atoms with Gasteiger partial charge < -0.3 is 15.2 Å². The van der Waals surface area contributed by atoms with Crippen LogP contribution in [0.15, 0.2) is 6.20 Å². The summed E-state index contributed by atoms with van der Waals surface area (Å²) >= 11 is 0. The zero-order valence-electron chi connectivity index (χ0n) is 14.0. The van der Waals surface area contributed by atoms with E-state index in [1.54, 1.807) is 0 Å². The molecule has 1 amide bonds. The largest absolute Gasteiger partial charge is 0.396 e. The number of aliphatic hydroxyl groups is 1. The summed E-state index contributed by atoms with van der Waals surface area (Å²) in [6.07, 6.45) is 6.30. The molecule has 0 radical (unpaired) electrons. The zero-order valence-corrected chi connectivity index (χ0v) is 14.0. The van der Waals surface area contributed by atoms with E-state index in [0.29, 0.717) is 12.5 Å². The highest BCUT2D eigenvalue weighted by Gasteiger charge is 2.38. The third-order valence-electron chi connectivity index (χ3n) is 5.46. The molecular formula is C17H27N3O3. The van der Waals surface area contributed by atoms with Crippen molar-refractivity contribution in [2.24, 2.45) is 18.9 Å². The molecule has 6 nitrogen and oxygen atoms in total. The second-order valence-electron chi connectivity index (χ2n) is 6.90. The molecular weight excluding hydrogens is 294 g/mol. The smallest absolute Gasteiger partial charge is 0.226 e. The van der Waals surface area contributed by atoms with Crippen molar-refractivity contribution in [3.63, 3.8) is 0 Å². The fraction of sp³-hybridized carbons (Fsp3) is 0.765. The number of rotatable bonds is 4. The van der Waals surface area contributed by atoms with Crippen LogP contribution in [-0.2, 0) is 16.6 Å². The van der Waals surface area contributed by atoms with Gasteiger partial charge in [0.25, 0.3) is 0 Å². The van der Waals surface area contributed by atoms with E-state index in [1.807, 2.05) is 24.9 Å². The first-order chi connectivity index (χ1) is 11.1. The van der Waals surface area contributed by atoms with Crippen molar-refractivity contribution in [3.8, 4) is 0 Å². The second kappa shape index (κ2) is 7.01. The highest BCUT2D eigenvalue weighted by molar-refractivity contribution is 5.80. The highest BCUT2D eigenvalue weighted by Crippen LogP contribution is 2.36. The molecule has 0 bridgehead atoms. The normalized spacial score (nSPS) is 31.3. The van der Waals surface area contributed by atoms with E-state index in [0.717, 1.165) is 43.4 Å². The summed E-state index contributed by atoms with van der Waals surface area (Å²) in [5.41, 5.74) is 2.08. The van der Waals surface area contributed by atoms with Gasteiger partial charge in [-0.25, -0.2) is 0 Å². The van der Waals surface area contributed by atoms with Crippen LogP contribution >= 0.6 is 0 Å². The number of carbonyl (C=O) groups excluding carboxylic acids is 1. The fourth-order valence-corrected chi connectivity index (χ4v) is 3.76. The molecule has 1 aromatic heterocycles. The number of carbonyl (C=O) groups is 1. The Balaban J connectivity index is 1.61. The molecule has 6 heteroatoms. The van der Waals surface area contributed by atoms with Crippen molar-refractivity contribution in [1.82, 2.24) is 15.1 Å². The van der Waals surface area contributed by atoms with E-state index in [9.17, 15) is 9.90 Å². The Morgan fingerprint density at radius 3 is 2.74 bits per heavy atom. The molecule has 23 heavy (non-hydrogen) atoms. The maximum atomic E-state index is 12.7. The molecule has 1 saturated heterocycles. The topological polar surface area (TPSA) is 76.4 Å². The molecule has 0 spiro atoms. The average Bonchev–Trinajstić information content (AvgIpc) is 3.16. The van der Waals surface area contributed by atoms with Gasteiger partial charge in [-0.05, 0) is 44.9 Å². The summed E-state index contributed by atoms with van der Waals surface area (Å²) in [5, 5.41) is 16.7. The quantitative estimate of drug-likeness (QED) is 0.880. The molecule has 1 aliphatic heterocycles. The molecule has 2 N–H and O–H groups in total. The monoisotopic (exact) mass is 321 g/mol. The Kier molecular flexibility index (Phi) is 5.02. The van der Waals surface area contributed by atoms with E-state index < -0.39 is 0 Å². The molecule has 1 aromatic rings. The molecule has 1 saturated carbocycles. The van der Waals surface area contributed by atoms with E-state index in [1.165, 1.54) is 0 Å². The Hall–Kier alpha value is -1.40. The van der Waals surface area contributed by atoms with Crippen LogP contribution in [0.3, 0.4) is 0 Å². The first kappa shape index (κ1) is 16.5. The predicted molar refractivity (Wildman–Crippen MR) is 85.7 cm³/mol. The minimum atomic E-state index is -0.183. The maximum absolute atomic E-state index is 12.7. The summed E-state index contributed by atoms with van der Waals surface area (Å²) in [6.45, 7) is 2.89. The summed E-state index contributed by atoms with van der Waals surface area (Å²) in [7, 11) is 1.91. The van der Waals surface area contributed by atoms with Gasteiger partial charge in [-0.15, -0.1) is 0 Å². The molecule has 2 aliphatic rings. The van der Waals surface area contributed by atoms with E-state index >= 15 is 0 Å². The third-order valence-corrected chi connectivity index (χ3v) is 5.46. The van der Waals surface area contributed by atoms with Gasteiger partial charge in [-0.3, -0.25) is 9.48 Å². The minimum absolute atomic E-state index is 0.100. The lowest BCUT2D eigenvalue weighted by atomic mass is 9.86. The Morgan fingerprint density at radius 2 is 2.13 bits per heavy atom. The van der Waals surface area contributed by atoms with Gasteiger partial charge in [0.2, 0.25) is 5.91 Å². The Bertz CT molecular complexity index is 549. The van der Waals surface area contributed by atoms with Gasteiger partial charge in [0.1, 0.15) is 0 Å². The molecule has 128 valence electrons. The van der Waals surface area contributed by atoms with Crippen molar-refractivity contribution in [3.05, 3.63) is 17.5 Å². The SMILES string of the molecule is Cc1c([C@H]2OCC[C@@H]2C(=O)NC2CCC(CO)CC2)cnn1C. The molecule has 0 unspecified atom stereocenters. The molecule has 3 rings (SSSR count). The number of aliphatic hydroxyl groups excluding tert-OH is 1. The van der Waals surface area contributed by atoms with Crippen molar-refractivity contribution < 1.29 is 14.6 Å². The van der Waals surface area contributed by atoms with Crippen LogP contribution < -0.4 is 5.32 Å². The van der Waals surface area contributed by atoms with Crippen molar-refractivity contribution >= 4 is 5.91 Å². The second-order valence-corrected chi connectivity index (χ2v) is 6.90. The van der Waals surface area contributed by atoms with Crippen molar-refractivity contribution in [1.29, 1.82) is 0 Å². The Morgan fingerprint density at radius 1 is 1.39 bits per heavy atom. The molecule has 2 atom stereocenters. The lowest BCUT2D eigenvalue weighted by molar-refractivity contribution is -0.127. The number of aryl methyl sites for hydroxylation is 1. The summed E-state index contributed by atoms with van der Waals surface area (Å²) in [4.78, 5) is 12.7. The van der Waals surface area contributed by atoms with Crippen molar-refractivity contribution in [2.75, 3.05) is 13.2 Å². The number of amides is 1. The van der Waals surface area contributed by atoms with Gasteiger partial charge in [0.15, 0.2) is 0 Å². The van der Waals surface area contributed by atoms with E-state index in [2.05, 4.69) is 10.4 Å². The van der Waals surface area contributed by atoms with Crippen LogP contribution in [0.5, 0.6) is 0 Å². The van der Waals surface area contributed by atoms with Crippen LogP contribution in [-0.4, -0.2) is 40.0 Å². The van der Waals surface area contributed by atoms with E-state index in [4.69, 9.17) is 4.74 Å². The average molecular weight is 321 g/mol. The van der Waals surface area contributed by atoms with Crippen LogP contribution in [0.25, 0.3) is 0 Å². The third kappa shape index (κ3) is 3.43. The predicted octanol–water partition coefficient (Wildman–Crippen LogP) is 1.47. The van der Waals surface area contributed by atoms with E-state index in [-0.39, 0.29) is 30.6 Å². The fourth-order valence-electron chi connectivity index (χ4n) is 3.76. The number of hydrogen-bond acceptors (Lipinski definition) is 4. The maximum Gasteiger partial charge on any atom is 0.226 e. The molecule has 1 aliphatic carbocycles. The molecule has 2 heterocycles. The van der Waals surface area contributed by atoms with Gasteiger partial charge in [0.05, 0.1) is 18.2 Å². The van der Waals surface area contributed by atoms with Crippen LogP contribution in [0, 0.1) is 18.8 Å². The summed E-state index contributed by atoms with van der Waals surface area (Å²) in [5.74, 6) is 0.375. The number of nitrogens with zero attached hydrogens (tertiary/aromatic N) is 2. The zero-order chi connectivity index (χ0) is 16.4. The number of ether oxygens (including phenoxy) is 1. The number of aromatic nitrogens is 2. The number of nitrogens with one attached hydrogen (secondary N) is 1. The Labute approximate surface area is 137 Å². The lowest BCUT2D eigenvalue weighted by Crippen LogP contribution is -2.42. The number of hydrogen-bond donors (Lipinski definition) is 2. The van der Waals surface area contributed by atoms with Crippen LogP contribution in [0.1, 0.15) is 49.5 Å². The summed E-state index contributed by atoms with van der Waals surface area (Å²) < 4.78 is 7.66. The lowest BCUT2D eigenvalue weighted by Gasteiger charge is -2.29. The van der Waals surface area contributed by atoms with Gasteiger partial charge >= 0.3 is 0 Å².